The van der Waals surface area contributed by atoms with Gasteiger partial charge in [-0.05, 0) is 30.3 Å². The van der Waals surface area contributed by atoms with Crippen LogP contribution in [0.2, 0.25) is 0 Å². The third-order valence-corrected chi connectivity index (χ3v) is 4.88. The second-order valence-electron chi connectivity index (χ2n) is 4.93. The van der Waals surface area contributed by atoms with Gasteiger partial charge >= 0.3 is 0 Å². The minimum Gasteiger partial charge on any atom is -0.496 e. The van der Waals surface area contributed by atoms with Crippen molar-refractivity contribution in [3.8, 4) is 17.3 Å². The highest BCUT2D eigenvalue weighted by atomic mass is 79.9. The highest BCUT2D eigenvalue weighted by molar-refractivity contribution is 9.10. The third kappa shape index (κ3) is 3.57. The SMILES string of the molecule is C=CCn1c(SCc2cc(Br)ccc2OC)nnc1-c1ccco1. The van der Waals surface area contributed by atoms with Gasteiger partial charge in [0.25, 0.3) is 0 Å². The number of hydrogen-bond acceptors (Lipinski definition) is 5. The Morgan fingerprint density at radius 3 is 2.96 bits per heavy atom. The lowest BCUT2D eigenvalue weighted by molar-refractivity contribution is 0.411. The zero-order valence-electron chi connectivity index (χ0n) is 13.1. The van der Waals surface area contributed by atoms with E-state index in [9.17, 15) is 0 Å². The summed E-state index contributed by atoms with van der Waals surface area (Å²) in [7, 11) is 1.67. The molecule has 3 aromatic rings. The number of rotatable bonds is 7. The molecule has 24 heavy (non-hydrogen) atoms. The lowest BCUT2D eigenvalue weighted by Crippen LogP contribution is -2.00. The molecule has 0 bridgehead atoms. The summed E-state index contributed by atoms with van der Waals surface area (Å²) in [6.07, 6.45) is 3.45. The number of benzene rings is 1. The van der Waals surface area contributed by atoms with Gasteiger partial charge in [-0.2, -0.15) is 0 Å². The first-order chi connectivity index (χ1) is 11.7. The fourth-order valence-electron chi connectivity index (χ4n) is 2.28. The highest BCUT2D eigenvalue weighted by Gasteiger charge is 2.16. The Morgan fingerprint density at radius 1 is 1.38 bits per heavy atom. The molecule has 0 aliphatic rings. The van der Waals surface area contributed by atoms with Crippen LogP contribution in [0.3, 0.4) is 0 Å². The number of methoxy groups -OCH3 is 1. The molecule has 0 unspecified atom stereocenters. The molecule has 0 amide bonds. The van der Waals surface area contributed by atoms with Crippen LogP contribution in [0, 0.1) is 0 Å². The second-order valence-corrected chi connectivity index (χ2v) is 6.79. The molecular formula is C17H16BrN3O2S. The molecule has 0 aliphatic heterocycles. The van der Waals surface area contributed by atoms with Gasteiger partial charge in [-0.15, -0.1) is 16.8 Å². The van der Waals surface area contributed by atoms with Crippen LogP contribution >= 0.6 is 27.7 Å². The summed E-state index contributed by atoms with van der Waals surface area (Å²) in [6.45, 7) is 4.43. The van der Waals surface area contributed by atoms with Crippen molar-refractivity contribution in [2.75, 3.05) is 7.11 Å². The maximum atomic E-state index is 5.44. The summed E-state index contributed by atoms with van der Waals surface area (Å²) >= 11 is 5.09. The third-order valence-electron chi connectivity index (χ3n) is 3.37. The first-order valence-corrected chi connectivity index (χ1v) is 9.04. The predicted molar refractivity (Wildman–Crippen MR) is 98.2 cm³/mol. The van der Waals surface area contributed by atoms with Crippen LogP contribution in [-0.4, -0.2) is 21.9 Å². The van der Waals surface area contributed by atoms with E-state index in [4.69, 9.17) is 9.15 Å². The van der Waals surface area contributed by atoms with Crippen molar-refractivity contribution in [2.24, 2.45) is 0 Å². The zero-order chi connectivity index (χ0) is 16.9. The first-order valence-electron chi connectivity index (χ1n) is 7.26. The standard InChI is InChI=1S/C17H16BrN3O2S/c1-3-8-21-16(15-5-4-9-23-15)19-20-17(21)24-11-12-10-13(18)6-7-14(12)22-2/h3-7,9-10H,1,8,11H2,2H3. The molecule has 0 N–H and O–H groups in total. The molecule has 5 nitrogen and oxygen atoms in total. The van der Waals surface area contributed by atoms with Gasteiger partial charge in [-0.25, -0.2) is 0 Å². The number of allylic oxidation sites excluding steroid dienone is 1. The molecule has 0 aliphatic carbocycles. The summed E-state index contributed by atoms with van der Waals surface area (Å²) in [5, 5.41) is 9.37. The van der Waals surface area contributed by atoms with E-state index in [1.807, 2.05) is 41.0 Å². The van der Waals surface area contributed by atoms with E-state index < -0.39 is 0 Å². The smallest absolute Gasteiger partial charge is 0.200 e. The number of aromatic nitrogens is 3. The van der Waals surface area contributed by atoms with E-state index in [0.29, 0.717) is 18.1 Å². The van der Waals surface area contributed by atoms with E-state index in [1.165, 1.54) is 0 Å². The second kappa shape index (κ2) is 7.72. The van der Waals surface area contributed by atoms with Crippen LogP contribution in [-0.2, 0) is 12.3 Å². The quantitative estimate of drug-likeness (QED) is 0.417. The van der Waals surface area contributed by atoms with E-state index in [2.05, 4.69) is 32.7 Å². The molecular weight excluding hydrogens is 390 g/mol. The highest BCUT2D eigenvalue weighted by Crippen LogP contribution is 2.31. The van der Waals surface area contributed by atoms with Crippen LogP contribution in [0.15, 0.2) is 63.3 Å². The maximum Gasteiger partial charge on any atom is 0.200 e. The van der Waals surface area contributed by atoms with Crippen molar-refractivity contribution in [1.29, 1.82) is 0 Å². The Kier molecular flexibility index (Phi) is 5.42. The lowest BCUT2D eigenvalue weighted by atomic mass is 10.2. The van der Waals surface area contributed by atoms with Gasteiger partial charge in [0.05, 0.1) is 13.4 Å². The first kappa shape index (κ1) is 16.9. The van der Waals surface area contributed by atoms with E-state index >= 15 is 0 Å². The van der Waals surface area contributed by atoms with Crippen molar-refractivity contribution in [2.45, 2.75) is 17.5 Å². The topological polar surface area (TPSA) is 53.1 Å². The summed E-state index contributed by atoms with van der Waals surface area (Å²) in [5.74, 6) is 2.96. The number of nitrogens with zero attached hydrogens (tertiary/aromatic N) is 3. The average molecular weight is 406 g/mol. The molecule has 3 rings (SSSR count). The number of halogens is 1. The Balaban J connectivity index is 1.85. The summed E-state index contributed by atoms with van der Waals surface area (Å²) in [5.41, 5.74) is 1.09. The fourth-order valence-corrected chi connectivity index (χ4v) is 3.61. The van der Waals surface area contributed by atoms with Crippen molar-refractivity contribution >= 4 is 27.7 Å². The van der Waals surface area contributed by atoms with Crippen LogP contribution in [0.25, 0.3) is 11.6 Å². The monoisotopic (exact) mass is 405 g/mol. The zero-order valence-corrected chi connectivity index (χ0v) is 15.5. The number of hydrogen-bond donors (Lipinski definition) is 0. The van der Waals surface area contributed by atoms with Gasteiger partial charge in [0.2, 0.25) is 5.82 Å². The van der Waals surface area contributed by atoms with Crippen LogP contribution in [0.4, 0.5) is 0 Å². The normalized spacial score (nSPS) is 10.8. The largest absolute Gasteiger partial charge is 0.496 e. The van der Waals surface area contributed by atoms with Crippen molar-refractivity contribution in [3.63, 3.8) is 0 Å². The molecule has 2 heterocycles. The lowest BCUT2D eigenvalue weighted by Gasteiger charge is -2.09. The van der Waals surface area contributed by atoms with Crippen molar-refractivity contribution in [1.82, 2.24) is 14.8 Å². The van der Waals surface area contributed by atoms with E-state index in [1.54, 1.807) is 25.1 Å². The van der Waals surface area contributed by atoms with Gasteiger partial charge in [-0.3, -0.25) is 4.57 Å². The minimum absolute atomic E-state index is 0.612. The predicted octanol–water partition coefficient (Wildman–Crippen LogP) is 4.79. The molecule has 124 valence electrons. The van der Waals surface area contributed by atoms with Gasteiger partial charge in [0.15, 0.2) is 10.9 Å². The molecule has 0 radical (unpaired) electrons. The molecule has 2 aromatic heterocycles. The van der Waals surface area contributed by atoms with Crippen LogP contribution in [0.1, 0.15) is 5.56 Å². The Hall–Kier alpha value is -1.99. The molecule has 0 atom stereocenters. The van der Waals surface area contributed by atoms with Crippen molar-refractivity contribution in [3.05, 3.63) is 59.3 Å². The van der Waals surface area contributed by atoms with Gasteiger partial charge in [-0.1, -0.05) is 33.8 Å². The van der Waals surface area contributed by atoms with Crippen LogP contribution < -0.4 is 4.74 Å². The summed E-state index contributed by atoms with van der Waals surface area (Å²) < 4.78 is 13.9. The average Bonchev–Trinajstić information content (AvgIpc) is 3.23. The molecule has 1 aromatic carbocycles. The maximum absolute atomic E-state index is 5.44. The fraction of sp³-hybridized carbons (Fsp3) is 0.176. The molecule has 0 saturated carbocycles. The van der Waals surface area contributed by atoms with Gasteiger partial charge in [0.1, 0.15) is 5.75 Å². The van der Waals surface area contributed by atoms with Gasteiger partial charge in [0, 0.05) is 22.3 Å². The Bertz CT molecular complexity index is 830. The summed E-state index contributed by atoms with van der Waals surface area (Å²) in [4.78, 5) is 0. The molecule has 0 spiro atoms. The number of ether oxygens (including phenoxy) is 1. The van der Waals surface area contributed by atoms with E-state index in [-0.39, 0.29) is 0 Å². The van der Waals surface area contributed by atoms with Gasteiger partial charge < -0.3 is 9.15 Å². The summed E-state index contributed by atoms with van der Waals surface area (Å²) in [6, 6.07) is 9.66. The number of thioether (sulfide) groups is 1. The van der Waals surface area contributed by atoms with Crippen molar-refractivity contribution < 1.29 is 9.15 Å². The van der Waals surface area contributed by atoms with Crippen LogP contribution in [0.5, 0.6) is 5.75 Å². The molecule has 7 heteroatoms. The molecule has 0 fully saturated rings. The van der Waals surface area contributed by atoms with E-state index in [0.717, 1.165) is 26.7 Å². The molecule has 0 saturated heterocycles. The Morgan fingerprint density at radius 2 is 2.25 bits per heavy atom. The number of furan rings is 1. The minimum atomic E-state index is 0.612. The Labute approximate surface area is 152 Å².